The lowest BCUT2D eigenvalue weighted by Crippen LogP contribution is -2.18. The maximum atomic E-state index is 7.29. The molecule has 128 heavy (non-hydrogen) atoms. The summed E-state index contributed by atoms with van der Waals surface area (Å²) in [6.45, 7) is 48.5. The molecule has 0 aromatic heterocycles. The minimum atomic E-state index is -1.65. The smallest absolute Gasteiger partial charge is 0.397 e. The summed E-state index contributed by atoms with van der Waals surface area (Å²) in [5.74, 6) is 2.94. The quantitative estimate of drug-likeness (QED) is 0.0405. The molecule has 3 aromatic carbocycles. The van der Waals surface area contributed by atoms with Crippen molar-refractivity contribution in [3.05, 3.63) is 86.5 Å². The summed E-state index contributed by atoms with van der Waals surface area (Å²) in [6, 6.07) is 14.6. The van der Waals surface area contributed by atoms with E-state index in [1.54, 1.807) is 0 Å². The lowest BCUT2D eigenvalue weighted by Gasteiger charge is -2.32. The average Bonchev–Trinajstić information content (AvgIpc) is 0.765. The normalized spacial score (nSPS) is 12.6. The van der Waals surface area contributed by atoms with Crippen molar-refractivity contribution < 1.29 is 40.7 Å². The standard InChI is InChI=1S/C116H213O9P3/c1-20-26-32-38-44-50-56-62-68-74-80-88-117-126(118-89-81-75-69-63-57-51-45-39-33-27-21-2)123-111-94-101(8)105(97-108(111)114(11,12)13)100(7)86-87-104(106-98-109(115(14,15)16)112(95-102(106)9)124-127(119-90-82-76-70-64-58-52-46-40-34-28-22-3)120-91-83-77-71-65-59-53-47-41-35-29-23-4)107-99-110(116(17,18)19)113(96-103(107)10)125-128(121-92-84-78-72-66-60-54-48-42-36-30-24-5)122-93-85-79-73-67-61-55-49-43-37-31-25-6/h94-100,104H,20-93H2,1-19H3. The van der Waals surface area contributed by atoms with Crippen LogP contribution in [-0.4, -0.2) is 39.6 Å². The van der Waals surface area contributed by atoms with E-state index in [-0.39, 0.29) is 28.1 Å². The van der Waals surface area contributed by atoms with Crippen LogP contribution in [0.3, 0.4) is 0 Å². The Morgan fingerprint density at radius 3 is 0.539 bits per heavy atom. The van der Waals surface area contributed by atoms with Crippen LogP contribution in [0, 0.1) is 20.8 Å². The number of rotatable bonds is 90. The van der Waals surface area contributed by atoms with Crippen LogP contribution in [0.25, 0.3) is 0 Å². The van der Waals surface area contributed by atoms with E-state index >= 15 is 0 Å². The molecule has 0 aliphatic heterocycles. The Labute approximate surface area is 801 Å². The molecule has 0 aliphatic rings. The topological polar surface area (TPSA) is 83.1 Å². The second kappa shape index (κ2) is 79.1. The van der Waals surface area contributed by atoms with E-state index in [2.05, 4.69) is 168 Å². The predicted molar refractivity (Wildman–Crippen MR) is 566 cm³/mol. The number of aryl methyl sites for hydroxylation is 3. The van der Waals surface area contributed by atoms with Gasteiger partial charge in [0.15, 0.2) is 0 Å². The van der Waals surface area contributed by atoms with Gasteiger partial charge in [-0.05, 0) is 146 Å². The summed E-state index contributed by atoms with van der Waals surface area (Å²) in [6.07, 6.45) is 87.7. The van der Waals surface area contributed by atoms with E-state index in [0.29, 0.717) is 39.6 Å². The van der Waals surface area contributed by atoms with Crippen molar-refractivity contribution in [1.82, 2.24) is 0 Å². The molecule has 0 saturated heterocycles. The molecule has 3 aromatic rings. The van der Waals surface area contributed by atoms with Crippen LogP contribution in [0.5, 0.6) is 17.2 Å². The number of hydrogen-bond donors (Lipinski definition) is 0. The van der Waals surface area contributed by atoms with E-state index in [9.17, 15) is 0 Å². The molecule has 1 unspecified atom stereocenters. The van der Waals surface area contributed by atoms with Gasteiger partial charge in [-0.1, -0.05) is 514 Å². The second-order valence-corrected chi connectivity index (χ2v) is 46.0. The van der Waals surface area contributed by atoms with Crippen LogP contribution in [0.4, 0.5) is 0 Å². The molecule has 9 nitrogen and oxygen atoms in total. The Hall–Kier alpha value is -1.89. The van der Waals surface area contributed by atoms with Crippen molar-refractivity contribution in [1.29, 1.82) is 0 Å². The van der Waals surface area contributed by atoms with Gasteiger partial charge >= 0.3 is 25.8 Å². The number of unbranched alkanes of at least 4 members (excludes halogenated alkanes) is 60. The van der Waals surface area contributed by atoms with Crippen LogP contribution < -0.4 is 13.6 Å². The van der Waals surface area contributed by atoms with Crippen molar-refractivity contribution in [3.63, 3.8) is 0 Å². The van der Waals surface area contributed by atoms with Gasteiger partial charge in [0.2, 0.25) is 0 Å². The summed E-state index contributed by atoms with van der Waals surface area (Å²) in [5.41, 5.74) is 10.6. The van der Waals surface area contributed by atoms with Gasteiger partial charge in [-0.2, -0.15) is 0 Å². The molecule has 1 atom stereocenters. The Morgan fingerprint density at radius 1 is 0.211 bits per heavy atom. The first-order chi connectivity index (χ1) is 62.0. The summed E-state index contributed by atoms with van der Waals surface area (Å²) < 4.78 is 62.6. The molecule has 0 heterocycles. The SMILES string of the molecule is CCCCCCCCCCCCCOP(OCCCCCCCCCCCCC)Oc1cc(C)c(C(C)CCC(c2cc(C(C)(C)C)c(OP(OCCCCCCCCCCCCC)OCCCCCCCCCCCCC)cc2C)c2cc(C(C)(C)C)c(OP(OCCCCCCCCCCCCC)OCCCCCCCCCCCCC)cc2C)cc1C(C)(C)C. The Morgan fingerprint density at radius 2 is 0.367 bits per heavy atom. The molecule has 3 rings (SSSR count). The predicted octanol–water partition coefficient (Wildman–Crippen LogP) is 42.0. The van der Waals surface area contributed by atoms with Gasteiger partial charge in [-0.15, -0.1) is 0 Å². The average molecular weight is 1840 g/mol. The largest absolute Gasteiger partial charge is 0.426 e. The highest BCUT2D eigenvalue weighted by Crippen LogP contribution is 2.52. The summed E-state index contributed by atoms with van der Waals surface area (Å²) in [4.78, 5) is 0. The third-order valence-electron chi connectivity index (χ3n) is 26.9. The van der Waals surface area contributed by atoms with Crippen LogP contribution >= 0.6 is 25.8 Å². The van der Waals surface area contributed by atoms with E-state index in [1.165, 1.54) is 435 Å². The van der Waals surface area contributed by atoms with E-state index in [4.69, 9.17) is 40.7 Å². The van der Waals surface area contributed by atoms with Gasteiger partial charge in [0.05, 0.1) is 39.6 Å². The third-order valence-corrected chi connectivity index (χ3v) is 30.3. The van der Waals surface area contributed by atoms with Crippen LogP contribution in [0.2, 0.25) is 0 Å². The van der Waals surface area contributed by atoms with E-state index in [1.807, 2.05) is 0 Å². The minimum absolute atomic E-state index is 0.0403. The van der Waals surface area contributed by atoms with Crippen LogP contribution in [0.15, 0.2) is 36.4 Å². The Kier molecular flexibility index (Phi) is 74.3. The molecule has 0 saturated carbocycles. The second-order valence-electron chi connectivity index (χ2n) is 42.6. The summed E-state index contributed by atoms with van der Waals surface area (Å²) in [7, 11) is -4.91. The Bertz CT molecular complexity index is 2810. The van der Waals surface area contributed by atoms with Gasteiger partial charge in [0.25, 0.3) is 0 Å². The first-order valence-electron chi connectivity index (χ1n) is 55.7. The third kappa shape index (κ3) is 60.0. The van der Waals surface area contributed by atoms with Gasteiger partial charge in [-0.25, -0.2) is 0 Å². The monoisotopic (exact) mass is 1840 g/mol. The highest BCUT2D eigenvalue weighted by molar-refractivity contribution is 7.42. The first kappa shape index (κ1) is 120. The molecule has 0 spiro atoms. The minimum Gasteiger partial charge on any atom is -0.426 e. The van der Waals surface area contributed by atoms with Gasteiger partial charge < -0.3 is 40.7 Å². The number of benzene rings is 3. The fourth-order valence-corrected chi connectivity index (χ4v) is 21.5. The van der Waals surface area contributed by atoms with E-state index < -0.39 is 25.8 Å². The molecular formula is C116H213O9P3. The van der Waals surface area contributed by atoms with Crippen molar-refractivity contribution >= 4 is 25.8 Å². The fourth-order valence-electron chi connectivity index (χ4n) is 18.4. The lowest BCUT2D eigenvalue weighted by molar-refractivity contribution is 0.197. The lowest BCUT2D eigenvalue weighted by atomic mass is 9.75. The first-order valence-corrected chi connectivity index (χ1v) is 59.0. The molecular weight excluding hydrogens is 1630 g/mol. The highest BCUT2D eigenvalue weighted by atomic mass is 31.2. The molecule has 0 fully saturated rings. The maximum Gasteiger partial charge on any atom is 0.397 e. The van der Waals surface area contributed by atoms with Gasteiger partial charge in [0.1, 0.15) is 17.2 Å². The molecule has 0 N–H and O–H groups in total. The summed E-state index contributed by atoms with van der Waals surface area (Å²) in [5, 5.41) is 0. The van der Waals surface area contributed by atoms with Crippen LogP contribution in [-0.2, 0) is 43.4 Å². The molecule has 0 amide bonds. The maximum absolute atomic E-state index is 7.29. The molecule has 746 valence electrons. The van der Waals surface area contributed by atoms with Crippen molar-refractivity contribution in [3.8, 4) is 17.2 Å². The van der Waals surface area contributed by atoms with Crippen molar-refractivity contribution in [2.24, 2.45) is 0 Å². The Balaban J connectivity index is 2.19. The molecule has 0 aliphatic carbocycles. The molecule has 0 radical (unpaired) electrons. The highest BCUT2D eigenvalue weighted by Gasteiger charge is 2.33. The molecule has 12 heteroatoms. The summed E-state index contributed by atoms with van der Waals surface area (Å²) >= 11 is 0. The zero-order valence-electron chi connectivity index (χ0n) is 88.5. The number of hydrogen-bond acceptors (Lipinski definition) is 9. The van der Waals surface area contributed by atoms with Gasteiger partial charge in [-0.3, -0.25) is 0 Å². The van der Waals surface area contributed by atoms with Crippen LogP contribution in [0.1, 0.15) is 609 Å². The van der Waals surface area contributed by atoms with Crippen molar-refractivity contribution in [2.45, 2.75) is 596 Å². The molecule has 0 bridgehead atoms. The van der Waals surface area contributed by atoms with Crippen molar-refractivity contribution in [2.75, 3.05) is 39.6 Å². The van der Waals surface area contributed by atoms with Gasteiger partial charge in [0, 0.05) is 22.6 Å². The zero-order chi connectivity index (χ0) is 93.2. The zero-order valence-corrected chi connectivity index (χ0v) is 91.1. The van der Waals surface area contributed by atoms with E-state index in [0.717, 1.165) is 68.6 Å². The fraction of sp³-hybridized carbons (Fsp3) is 0.845.